The topological polar surface area (TPSA) is 55.4 Å². The molecule has 0 aliphatic rings. The molecule has 0 aromatic heterocycles. The van der Waals surface area contributed by atoms with Crippen LogP contribution < -0.4 is 5.32 Å². The van der Waals surface area contributed by atoms with Gasteiger partial charge in [-0.1, -0.05) is 6.58 Å². The Kier molecular flexibility index (Phi) is 3.27. The van der Waals surface area contributed by atoms with Gasteiger partial charge in [-0.25, -0.2) is 4.79 Å². The van der Waals surface area contributed by atoms with E-state index in [4.69, 9.17) is 0 Å². The molecule has 2 amide bonds. The molecule has 0 aliphatic heterocycles. The smallest absolute Gasteiger partial charge is 0.356 e. The maximum absolute atomic E-state index is 11.2. The summed E-state index contributed by atoms with van der Waals surface area (Å²) in [5, 5.41) is 1.25. The fourth-order valence-corrected chi connectivity index (χ4v) is 0.282. The van der Waals surface area contributed by atoms with Crippen molar-refractivity contribution < 1.29 is 27.5 Å². The highest BCUT2D eigenvalue weighted by molar-refractivity contribution is 5.98. The second kappa shape index (κ2) is 3.74. The number of halogens is 3. The van der Waals surface area contributed by atoms with Crippen molar-refractivity contribution in [1.29, 1.82) is 0 Å². The summed E-state index contributed by atoms with van der Waals surface area (Å²) >= 11 is 0. The molecular formula is C5H4F3NO3. The van der Waals surface area contributed by atoms with Gasteiger partial charge < -0.3 is 4.74 Å². The van der Waals surface area contributed by atoms with Gasteiger partial charge in [0.25, 0.3) is 5.91 Å². The number of nitrogens with one attached hydrogen (secondary N) is 1. The Morgan fingerprint density at radius 3 is 2.25 bits per heavy atom. The summed E-state index contributed by atoms with van der Waals surface area (Å²) in [7, 11) is 0. The number of ether oxygens (including phenoxy) is 1. The summed E-state index contributed by atoms with van der Waals surface area (Å²) in [5.74, 6) is -1.07. The first-order valence-corrected chi connectivity index (χ1v) is 2.58. The van der Waals surface area contributed by atoms with Crippen molar-refractivity contribution in [3.63, 3.8) is 0 Å². The van der Waals surface area contributed by atoms with E-state index in [1.807, 2.05) is 0 Å². The number of alkyl halides is 3. The van der Waals surface area contributed by atoms with Gasteiger partial charge in [-0.2, -0.15) is 0 Å². The van der Waals surface area contributed by atoms with Crippen molar-refractivity contribution in [2.75, 3.05) is 0 Å². The lowest BCUT2D eigenvalue weighted by Gasteiger charge is -2.05. The molecule has 0 aliphatic carbocycles. The minimum Gasteiger partial charge on any atom is -0.356 e. The standard InChI is InChI=1S/C5H4F3NO3/c1-2-3(10)9-4(11)12-5(6,7)8/h2H,1H2,(H,9,10,11). The lowest BCUT2D eigenvalue weighted by atomic mass is 10.6. The molecule has 4 nitrogen and oxygen atoms in total. The van der Waals surface area contributed by atoms with Gasteiger partial charge in [0.2, 0.25) is 0 Å². The van der Waals surface area contributed by atoms with Crippen molar-refractivity contribution in [1.82, 2.24) is 5.32 Å². The third-order valence-corrected chi connectivity index (χ3v) is 0.619. The van der Waals surface area contributed by atoms with Gasteiger partial charge in [0.05, 0.1) is 0 Å². The van der Waals surface area contributed by atoms with E-state index >= 15 is 0 Å². The first-order valence-electron chi connectivity index (χ1n) is 2.58. The Hall–Kier alpha value is -1.53. The number of carbonyl (C=O) groups is 2. The first kappa shape index (κ1) is 10.5. The fourth-order valence-electron chi connectivity index (χ4n) is 0.282. The first-order chi connectivity index (χ1) is 5.35. The van der Waals surface area contributed by atoms with Gasteiger partial charge in [-0.3, -0.25) is 10.1 Å². The van der Waals surface area contributed by atoms with Gasteiger partial charge in [-0.05, 0) is 6.08 Å². The van der Waals surface area contributed by atoms with Crippen molar-refractivity contribution in [3.8, 4) is 0 Å². The lowest BCUT2D eigenvalue weighted by Crippen LogP contribution is -2.33. The highest BCUT2D eigenvalue weighted by Crippen LogP contribution is 2.15. The van der Waals surface area contributed by atoms with Crippen LogP contribution in [0, 0.1) is 0 Å². The Morgan fingerprint density at radius 1 is 1.42 bits per heavy atom. The zero-order valence-corrected chi connectivity index (χ0v) is 5.64. The SMILES string of the molecule is C=CC(=O)NC(=O)OC(F)(F)F. The molecule has 7 heteroatoms. The Balaban J connectivity index is 3.91. The summed E-state index contributed by atoms with van der Waals surface area (Å²) in [5.41, 5.74) is 0. The highest BCUT2D eigenvalue weighted by atomic mass is 19.4. The maximum Gasteiger partial charge on any atom is 0.576 e. The molecule has 68 valence electrons. The largest absolute Gasteiger partial charge is 0.576 e. The summed E-state index contributed by atoms with van der Waals surface area (Å²) in [6, 6.07) is 0. The van der Waals surface area contributed by atoms with E-state index < -0.39 is 18.4 Å². The molecule has 0 unspecified atom stereocenters. The van der Waals surface area contributed by atoms with Gasteiger partial charge in [-0.15, -0.1) is 13.2 Å². The van der Waals surface area contributed by atoms with Crippen molar-refractivity contribution in [2.45, 2.75) is 6.36 Å². The zero-order chi connectivity index (χ0) is 9.78. The minimum atomic E-state index is -5.09. The average Bonchev–Trinajstić information content (AvgIpc) is 1.82. The van der Waals surface area contributed by atoms with E-state index in [1.165, 1.54) is 5.32 Å². The molecule has 1 N–H and O–H groups in total. The predicted octanol–water partition coefficient (Wildman–Crippen LogP) is 0.945. The normalized spacial score (nSPS) is 10.2. The van der Waals surface area contributed by atoms with Gasteiger partial charge in [0, 0.05) is 0 Å². The van der Waals surface area contributed by atoms with E-state index in [1.54, 1.807) is 0 Å². The average molecular weight is 183 g/mol. The molecule has 0 bridgehead atoms. The van der Waals surface area contributed by atoms with E-state index in [0.29, 0.717) is 6.08 Å². The summed E-state index contributed by atoms with van der Waals surface area (Å²) < 4.78 is 36.5. The van der Waals surface area contributed by atoms with E-state index in [0.717, 1.165) is 0 Å². The second-order valence-electron chi connectivity index (χ2n) is 1.53. The van der Waals surface area contributed by atoms with Crippen LogP contribution in [-0.4, -0.2) is 18.4 Å². The molecule has 0 aromatic rings. The molecule has 0 spiro atoms. The van der Waals surface area contributed by atoms with E-state index in [-0.39, 0.29) is 0 Å². The molecule has 0 radical (unpaired) electrons. The summed E-state index contributed by atoms with van der Waals surface area (Å²) in [6.45, 7) is 2.91. The molecule has 0 aromatic carbocycles. The van der Waals surface area contributed by atoms with Crippen molar-refractivity contribution in [2.24, 2.45) is 0 Å². The van der Waals surface area contributed by atoms with Crippen LogP contribution >= 0.6 is 0 Å². The molecule has 0 atom stereocenters. The van der Waals surface area contributed by atoms with Gasteiger partial charge in [0.15, 0.2) is 0 Å². The quantitative estimate of drug-likeness (QED) is 0.615. The minimum absolute atomic E-state index is 0.637. The van der Waals surface area contributed by atoms with Gasteiger partial charge in [0.1, 0.15) is 0 Å². The molecule has 0 fully saturated rings. The molecule has 0 saturated carbocycles. The van der Waals surface area contributed by atoms with E-state index in [2.05, 4.69) is 11.3 Å². The second-order valence-corrected chi connectivity index (χ2v) is 1.53. The third-order valence-electron chi connectivity index (χ3n) is 0.619. The Bertz CT molecular complexity index is 210. The van der Waals surface area contributed by atoms with Crippen LogP contribution in [0.5, 0.6) is 0 Å². The number of amides is 2. The Morgan fingerprint density at radius 2 is 1.92 bits per heavy atom. The molecular weight excluding hydrogens is 179 g/mol. The highest BCUT2D eigenvalue weighted by Gasteiger charge is 2.34. The number of alkyl carbamates (subject to hydrolysis) is 1. The molecule has 12 heavy (non-hydrogen) atoms. The number of rotatable bonds is 1. The van der Waals surface area contributed by atoms with Crippen molar-refractivity contribution in [3.05, 3.63) is 12.7 Å². The fraction of sp³-hybridized carbons (Fsp3) is 0.200. The number of carbonyl (C=O) groups excluding carboxylic acids is 2. The Labute approximate surface area is 65.0 Å². The molecule has 0 heterocycles. The molecule has 0 saturated heterocycles. The maximum atomic E-state index is 11.2. The van der Waals surface area contributed by atoms with Crippen LogP contribution in [0.15, 0.2) is 12.7 Å². The van der Waals surface area contributed by atoms with Crippen LogP contribution in [-0.2, 0) is 9.53 Å². The summed E-state index contributed by atoms with van der Waals surface area (Å²) in [4.78, 5) is 20.3. The van der Waals surface area contributed by atoms with Crippen LogP contribution in [0.4, 0.5) is 18.0 Å². The van der Waals surface area contributed by atoms with Crippen LogP contribution in [0.25, 0.3) is 0 Å². The van der Waals surface area contributed by atoms with E-state index in [9.17, 15) is 22.8 Å². The predicted molar refractivity (Wildman–Crippen MR) is 30.9 cm³/mol. The zero-order valence-electron chi connectivity index (χ0n) is 5.64. The lowest BCUT2D eigenvalue weighted by molar-refractivity contribution is -0.290. The number of hydrogen-bond donors (Lipinski definition) is 1. The summed E-state index contributed by atoms with van der Waals surface area (Å²) in [6.07, 6.45) is -6.34. The van der Waals surface area contributed by atoms with Crippen LogP contribution in [0.1, 0.15) is 0 Å². The van der Waals surface area contributed by atoms with Crippen molar-refractivity contribution >= 4 is 12.0 Å². The third kappa shape index (κ3) is 5.27. The number of hydrogen-bond acceptors (Lipinski definition) is 3. The molecule has 0 rings (SSSR count). The van der Waals surface area contributed by atoms with Crippen LogP contribution in [0.3, 0.4) is 0 Å². The monoisotopic (exact) mass is 183 g/mol. The number of imide groups is 1. The van der Waals surface area contributed by atoms with Gasteiger partial charge >= 0.3 is 12.5 Å². The van der Waals surface area contributed by atoms with Crippen LogP contribution in [0.2, 0.25) is 0 Å².